The van der Waals surface area contributed by atoms with Crippen molar-refractivity contribution in [2.45, 2.75) is 19.8 Å². The quantitative estimate of drug-likeness (QED) is 0.118. The number of H-pyrrole nitrogens is 2. The number of nitrogens with one attached hydrogen (secondary N) is 3. The Morgan fingerprint density at radius 3 is 1.77 bits per heavy atom. The van der Waals surface area contributed by atoms with E-state index in [2.05, 4.69) is 47.1 Å². The SMILES string of the molecule is CCN(CCNC(=O)CCC(=O)N1CCN(C(=O)c2cc(-c3c[nH]c4ccc(Br)cc34)nc3ccccc23)CC1)C(=O)c1cc(-c2c[nH]c3ccc(Br)cc23)nc2ccccc12. The number of carbonyl (C=O) groups is 4. The fourth-order valence-electron chi connectivity index (χ4n) is 8.29. The summed E-state index contributed by atoms with van der Waals surface area (Å²) in [6.45, 7) is 4.37. The number of hydrogen-bond donors (Lipinski definition) is 3. The Hall–Kier alpha value is -6.38. The third kappa shape index (κ3) is 8.19. The first-order chi connectivity index (χ1) is 30.1. The second kappa shape index (κ2) is 17.5. The lowest BCUT2D eigenvalue weighted by atomic mass is 10.0. The summed E-state index contributed by atoms with van der Waals surface area (Å²) in [4.78, 5) is 76.1. The van der Waals surface area contributed by atoms with Crippen molar-refractivity contribution in [3.05, 3.63) is 130 Å². The molecule has 0 atom stereocenters. The number of carbonyl (C=O) groups excluding carboxylic acids is 4. The van der Waals surface area contributed by atoms with Crippen LogP contribution in [0.3, 0.4) is 0 Å². The summed E-state index contributed by atoms with van der Waals surface area (Å²) in [5.74, 6) is -0.670. The maximum absolute atomic E-state index is 14.1. The lowest BCUT2D eigenvalue weighted by Crippen LogP contribution is -2.50. The van der Waals surface area contributed by atoms with Crippen molar-refractivity contribution in [2.24, 2.45) is 0 Å². The van der Waals surface area contributed by atoms with Gasteiger partial charge in [0.15, 0.2) is 0 Å². The number of fused-ring (bicyclic) bond motifs is 4. The van der Waals surface area contributed by atoms with Gasteiger partial charge in [0.1, 0.15) is 0 Å². The minimum atomic E-state index is -0.263. The molecule has 5 heterocycles. The number of hydrogen-bond acceptors (Lipinski definition) is 6. The molecule has 0 radical (unpaired) electrons. The molecule has 1 saturated heterocycles. The van der Waals surface area contributed by atoms with E-state index in [1.165, 1.54) is 0 Å². The summed E-state index contributed by atoms with van der Waals surface area (Å²) in [6, 6.07) is 31.0. The third-order valence-corrected chi connectivity index (χ3v) is 12.6. The van der Waals surface area contributed by atoms with Crippen LogP contribution in [0.2, 0.25) is 0 Å². The summed E-state index contributed by atoms with van der Waals surface area (Å²) in [5, 5.41) is 6.42. The Labute approximate surface area is 374 Å². The van der Waals surface area contributed by atoms with Crippen LogP contribution in [0.15, 0.2) is 118 Å². The van der Waals surface area contributed by atoms with Crippen molar-refractivity contribution in [3.63, 3.8) is 0 Å². The molecule has 3 N–H and O–H groups in total. The number of nitrogens with zero attached hydrogens (tertiary/aromatic N) is 5. The lowest BCUT2D eigenvalue weighted by Gasteiger charge is -2.35. The van der Waals surface area contributed by atoms with Crippen LogP contribution >= 0.6 is 31.9 Å². The molecule has 1 fully saturated rings. The first-order valence-electron chi connectivity index (χ1n) is 20.6. The van der Waals surface area contributed by atoms with Gasteiger partial charge >= 0.3 is 0 Å². The standard InChI is InChI=1S/C48H42Br2N8O4/c1-2-56(47(61)35-25-43(54-41-9-5-3-7-31(35)41)37-27-52-39-13-11-29(49)23-33(37)39)18-17-51-45(59)15-16-46(60)57-19-21-58(22-20-57)48(62)36-26-44(55-42-10-6-4-8-32(36)42)38-28-53-40-14-12-30(50)24-34(38)40/h3-14,23-28,52-53H,2,15-22H2,1H3,(H,51,59). The highest BCUT2D eigenvalue weighted by atomic mass is 79.9. The van der Waals surface area contributed by atoms with Crippen LogP contribution in [-0.4, -0.2) is 104 Å². The van der Waals surface area contributed by atoms with Crippen LogP contribution in [0.5, 0.6) is 0 Å². The average molecular weight is 955 g/mol. The molecule has 8 aromatic rings. The molecule has 0 saturated carbocycles. The zero-order valence-corrected chi connectivity index (χ0v) is 37.1. The van der Waals surface area contributed by atoms with E-state index in [4.69, 9.17) is 9.97 Å². The van der Waals surface area contributed by atoms with Gasteiger partial charge in [0, 0.05) is 124 Å². The van der Waals surface area contributed by atoms with E-state index < -0.39 is 0 Å². The van der Waals surface area contributed by atoms with Gasteiger partial charge in [-0.05, 0) is 67.6 Å². The summed E-state index contributed by atoms with van der Waals surface area (Å²) in [6.07, 6.45) is 3.90. The largest absolute Gasteiger partial charge is 0.360 e. The number of aromatic amines is 2. The second-order valence-corrected chi connectivity index (χ2v) is 17.2. The van der Waals surface area contributed by atoms with Gasteiger partial charge in [0.2, 0.25) is 11.8 Å². The Morgan fingerprint density at radius 2 is 1.19 bits per heavy atom. The average Bonchev–Trinajstić information content (AvgIpc) is 3.92. The molecule has 4 amide bonds. The number of rotatable bonds is 11. The number of pyridine rings is 2. The zero-order valence-electron chi connectivity index (χ0n) is 33.9. The summed E-state index contributed by atoms with van der Waals surface area (Å²) in [5.41, 5.74) is 7.66. The van der Waals surface area contributed by atoms with Crippen molar-refractivity contribution in [1.29, 1.82) is 0 Å². The highest BCUT2D eigenvalue weighted by molar-refractivity contribution is 9.10. The minimum absolute atomic E-state index is 0.0212. The van der Waals surface area contributed by atoms with Crippen LogP contribution in [0.4, 0.5) is 0 Å². The highest BCUT2D eigenvalue weighted by Crippen LogP contribution is 2.34. The van der Waals surface area contributed by atoms with Crippen LogP contribution in [-0.2, 0) is 9.59 Å². The van der Waals surface area contributed by atoms with Gasteiger partial charge in [-0.1, -0.05) is 68.3 Å². The number of amides is 4. The van der Waals surface area contributed by atoms with E-state index in [0.29, 0.717) is 67.3 Å². The van der Waals surface area contributed by atoms with Gasteiger partial charge in [-0.15, -0.1) is 0 Å². The number of aromatic nitrogens is 4. The van der Waals surface area contributed by atoms with E-state index >= 15 is 0 Å². The Kier molecular flexibility index (Phi) is 11.6. The molecule has 312 valence electrons. The minimum Gasteiger partial charge on any atom is -0.360 e. The molecule has 9 rings (SSSR count). The van der Waals surface area contributed by atoms with E-state index in [1.807, 2.05) is 116 Å². The van der Waals surface area contributed by atoms with Crippen molar-refractivity contribution in [3.8, 4) is 22.5 Å². The van der Waals surface area contributed by atoms with E-state index in [0.717, 1.165) is 58.2 Å². The van der Waals surface area contributed by atoms with Crippen molar-refractivity contribution < 1.29 is 19.2 Å². The monoisotopic (exact) mass is 952 g/mol. The molecule has 0 bridgehead atoms. The van der Waals surface area contributed by atoms with Gasteiger partial charge in [0.25, 0.3) is 11.8 Å². The lowest BCUT2D eigenvalue weighted by molar-refractivity contribution is -0.134. The number of halogens is 2. The van der Waals surface area contributed by atoms with Crippen LogP contribution in [0, 0.1) is 0 Å². The van der Waals surface area contributed by atoms with Gasteiger partial charge in [-0.25, -0.2) is 9.97 Å². The van der Waals surface area contributed by atoms with Crippen LogP contribution < -0.4 is 5.32 Å². The maximum Gasteiger partial charge on any atom is 0.254 e. The van der Waals surface area contributed by atoms with Gasteiger partial charge in [-0.3, -0.25) is 19.2 Å². The fraction of sp³-hybridized carbons (Fsp3) is 0.208. The maximum atomic E-state index is 14.1. The zero-order chi connectivity index (χ0) is 42.9. The first-order valence-corrected chi connectivity index (χ1v) is 22.2. The van der Waals surface area contributed by atoms with E-state index in [9.17, 15) is 19.2 Å². The molecule has 0 aliphatic carbocycles. The van der Waals surface area contributed by atoms with Crippen LogP contribution in [0.1, 0.15) is 40.5 Å². The second-order valence-electron chi connectivity index (χ2n) is 15.3. The fourth-order valence-corrected chi connectivity index (χ4v) is 9.01. The molecule has 0 spiro atoms. The molecular formula is C48H42Br2N8O4. The summed E-state index contributed by atoms with van der Waals surface area (Å²) >= 11 is 7.14. The molecular weight excluding hydrogens is 912 g/mol. The van der Waals surface area contributed by atoms with Gasteiger partial charge in [-0.2, -0.15) is 0 Å². The predicted molar refractivity (Wildman–Crippen MR) is 250 cm³/mol. The molecule has 4 aromatic carbocycles. The van der Waals surface area contributed by atoms with Crippen molar-refractivity contribution in [1.82, 2.24) is 40.0 Å². The Morgan fingerprint density at radius 1 is 0.661 bits per heavy atom. The predicted octanol–water partition coefficient (Wildman–Crippen LogP) is 8.95. The number of benzene rings is 4. The van der Waals surface area contributed by atoms with Gasteiger partial charge in [0.05, 0.1) is 33.5 Å². The molecule has 62 heavy (non-hydrogen) atoms. The van der Waals surface area contributed by atoms with E-state index in [1.54, 1.807) is 14.7 Å². The molecule has 14 heteroatoms. The van der Waals surface area contributed by atoms with Gasteiger partial charge < -0.3 is 30.0 Å². The molecule has 1 aliphatic rings. The topological polar surface area (TPSA) is 147 Å². The number of piperazine rings is 1. The molecule has 0 unspecified atom stereocenters. The highest BCUT2D eigenvalue weighted by Gasteiger charge is 2.27. The smallest absolute Gasteiger partial charge is 0.254 e. The molecule has 12 nitrogen and oxygen atoms in total. The Bertz CT molecular complexity index is 3040. The third-order valence-electron chi connectivity index (χ3n) is 11.6. The van der Waals surface area contributed by atoms with Crippen molar-refractivity contribution >= 4 is 99.1 Å². The van der Waals surface area contributed by atoms with E-state index in [-0.39, 0.29) is 43.0 Å². The molecule has 1 aliphatic heterocycles. The number of likely N-dealkylation sites (N-methyl/N-ethyl adjacent to an activating group) is 1. The number of para-hydroxylation sites is 2. The molecule has 4 aromatic heterocycles. The summed E-state index contributed by atoms with van der Waals surface area (Å²) in [7, 11) is 0. The van der Waals surface area contributed by atoms with Crippen LogP contribution in [0.25, 0.3) is 66.1 Å². The summed E-state index contributed by atoms with van der Waals surface area (Å²) < 4.78 is 1.89. The van der Waals surface area contributed by atoms with Crippen molar-refractivity contribution in [2.75, 3.05) is 45.8 Å². The normalized spacial score (nSPS) is 13.0. The first kappa shape index (κ1) is 41.0. The Balaban J connectivity index is 0.794.